The summed E-state index contributed by atoms with van der Waals surface area (Å²) in [5, 5.41) is 0. The highest BCUT2D eigenvalue weighted by atomic mass is 28.4. The summed E-state index contributed by atoms with van der Waals surface area (Å²) in [7, 11) is 0.177. The third-order valence-corrected chi connectivity index (χ3v) is 3.59. The fourth-order valence-corrected chi connectivity index (χ4v) is 2.42. The van der Waals surface area contributed by atoms with Crippen LogP contribution in [0.4, 0.5) is 0 Å². The zero-order valence-electron chi connectivity index (χ0n) is 10.9. The van der Waals surface area contributed by atoms with Crippen LogP contribution in [0.3, 0.4) is 0 Å². The van der Waals surface area contributed by atoms with Crippen molar-refractivity contribution >= 4 is 9.05 Å². The predicted octanol–water partition coefficient (Wildman–Crippen LogP) is -0.904. The first kappa shape index (κ1) is 17.9. The summed E-state index contributed by atoms with van der Waals surface area (Å²) in [5.74, 6) is 0.0447. The third kappa shape index (κ3) is 6.70. The summed E-state index contributed by atoms with van der Waals surface area (Å²) in [4.78, 5) is 13.5. The Labute approximate surface area is 107 Å². The zero-order valence-corrected chi connectivity index (χ0v) is 11.9. The van der Waals surface area contributed by atoms with Crippen LogP contribution in [0, 0.1) is 5.92 Å². The highest BCUT2D eigenvalue weighted by Crippen LogP contribution is 2.15. The van der Waals surface area contributed by atoms with Gasteiger partial charge in [-0.1, -0.05) is 0 Å². The molecule has 0 aromatic heterocycles. The molecule has 1 unspecified atom stereocenters. The van der Waals surface area contributed by atoms with Crippen molar-refractivity contribution in [1.82, 2.24) is 0 Å². The van der Waals surface area contributed by atoms with Gasteiger partial charge >= 0.3 is 9.05 Å². The van der Waals surface area contributed by atoms with Crippen LogP contribution in [0.25, 0.3) is 0 Å². The van der Waals surface area contributed by atoms with E-state index in [1.165, 1.54) is 21.3 Å². The molecule has 9 nitrogen and oxygen atoms in total. The molecule has 4 N–H and O–H groups in total. The second-order valence-electron chi connectivity index (χ2n) is 3.24. The average molecular weight is 286 g/mol. The number of nitrogens with two attached hydrogens (primary N) is 2. The first-order valence-electron chi connectivity index (χ1n) is 5.37. The van der Waals surface area contributed by atoms with Crippen LogP contribution in [0.2, 0.25) is 0 Å². The van der Waals surface area contributed by atoms with Crippen molar-refractivity contribution in [2.45, 2.75) is 6.42 Å². The smallest absolute Gasteiger partial charge is 0.347 e. The van der Waals surface area contributed by atoms with Crippen LogP contribution in [-0.2, 0) is 32.8 Å². The van der Waals surface area contributed by atoms with Gasteiger partial charge in [0.05, 0.1) is 21.3 Å². The van der Waals surface area contributed by atoms with E-state index >= 15 is 0 Å². The molecule has 0 aromatic rings. The van der Waals surface area contributed by atoms with Crippen LogP contribution in [0.1, 0.15) is 6.42 Å². The topological polar surface area (TPSA) is 117 Å². The Bertz CT molecular complexity index is 183. The molecule has 0 amide bonds. The van der Waals surface area contributed by atoms with E-state index < -0.39 is 9.05 Å². The second-order valence-corrected chi connectivity index (χ2v) is 5.03. The molecule has 0 bridgehead atoms. The number of rotatable bonds is 12. The van der Waals surface area contributed by atoms with E-state index in [4.69, 9.17) is 29.6 Å². The average Bonchev–Trinajstić information content (AvgIpc) is 2.35. The number of hydrogen-bond donors (Lipinski definition) is 2. The van der Waals surface area contributed by atoms with Gasteiger partial charge in [0.1, 0.15) is 0 Å². The molecule has 0 saturated heterocycles. The van der Waals surface area contributed by atoms with Gasteiger partial charge in [0, 0.05) is 6.61 Å². The lowest BCUT2D eigenvalue weighted by Crippen LogP contribution is -2.50. The van der Waals surface area contributed by atoms with Gasteiger partial charge in [0.25, 0.3) is 0 Å². The maximum absolute atomic E-state index is 5.57. The van der Waals surface area contributed by atoms with E-state index in [-0.39, 0.29) is 12.5 Å². The van der Waals surface area contributed by atoms with E-state index in [0.717, 1.165) is 0 Å². The lowest BCUT2D eigenvalue weighted by Gasteiger charge is -2.24. The summed E-state index contributed by atoms with van der Waals surface area (Å²) >= 11 is 0. The predicted molar refractivity (Wildman–Crippen MR) is 62.2 cm³/mol. The van der Waals surface area contributed by atoms with Crippen LogP contribution in [0.5, 0.6) is 0 Å². The van der Waals surface area contributed by atoms with Crippen LogP contribution in [-0.4, -0.2) is 50.1 Å². The lowest BCUT2D eigenvalue weighted by molar-refractivity contribution is -0.371. The lowest BCUT2D eigenvalue weighted by atomic mass is 10.1. The molecule has 0 aromatic carbocycles. The summed E-state index contributed by atoms with van der Waals surface area (Å²) in [6.07, 6.45) is 0.702. The standard InChI is InChI=1S/C8H22N2O7Si/c1-11-15-18(16-12-2,17-13-3)14-7-8(6-10)4-5-9/h8H,4-7,9-10H2,1-3H3. The van der Waals surface area contributed by atoms with Gasteiger partial charge < -0.3 is 15.9 Å². The van der Waals surface area contributed by atoms with Crippen LogP contribution >= 0.6 is 0 Å². The molecule has 0 aliphatic carbocycles. The van der Waals surface area contributed by atoms with Crippen LogP contribution in [0.15, 0.2) is 0 Å². The molecule has 0 aliphatic heterocycles. The Kier molecular flexibility index (Phi) is 10.7. The highest BCUT2D eigenvalue weighted by molar-refractivity contribution is 6.52. The molecule has 18 heavy (non-hydrogen) atoms. The maximum Gasteiger partial charge on any atom is 0.764 e. The Morgan fingerprint density at radius 1 is 0.944 bits per heavy atom. The Morgan fingerprint density at radius 2 is 1.44 bits per heavy atom. The van der Waals surface area contributed by atoms with E-state index in [9.17, 15) is 0 Å². The second kappa shape index (κ2) is 10.7. The number of hydrogen-bond acceptors (Lipinski definition) is 9. The van der Waals surface area contributed by atoms with E-state index in [1.54, 1.807) is 0 Å². The Hall–Kier alpha value is -0.143. The minimum absolute atomic E-state index is 0.0447. The molecule has 0 rings (SSSR count). The van der Waals surface area contributed by atoms with Crippen molar-refractivity contribution < 1.29 is 32.8 Å². The van der Waals surface area contributed by atoms with E-state index in [1.807, 2.05) is 0 Å². The molecule has 110 valence electrons. The zero-order chi connectivity index (χ0) is 13.9. The maximum atomic E-state index is 5.57. The first-order chi connectivity index (χ1) is 8.67. The van der Waals surface area contributed by atoms with Gasteiger partial charge in [-0.2, -0.15) is 13.7 Å². The SMILES string of the molecule is COO[Si](OCC(CN)CCN)(OOC)OOC. The molecule has 0 aliphatic rings. The summed E-state index contributed by atoms with van der Waals surface area (Å²) in [6.45, 7) is 1.13. The van der Waals surface area contributed by atoms with Gasteiger partial charge in [-0.15, -0.1) is 0 Å². The van der Waals surface area contributed by atoms with Crippen molar-refractivity contribution in [2.75, 3.05) is 41.0 Å². The highest BCUT2D eigenvalue weighted by Gasteiger charge is 2.52. The molecular weight excluding hydrogens is 264 g/mol. The van der Waals surface area contributed by atoms with Gasteiger partial charge in [-0.25, -0.2) is 14.7 Å². The fourth-order valence-electron chi connectivity index (χ4n) is 1.14. The monoisotopic (exact) mass is 286 g/mol. The van der Waals surface area contributed by atoms with Crippen molar-refractivity contribution in [3.63, 3.8) is 0 Å². The molecule has 1 atom stereocenters. The molecule has 0 heterocycles. The van der Waals surface area contributed by atoms with Crippen LogP contribution < -0.4 is 11.5 Å². The first-order valence-corrected chi connectivity index (χ1v) is 7.00. The minimum atomic E-state index is -3.67. The summed E-state index contributed by atoms with van der Waals surface area (Å²) in [6, 6.07) is 0. The fraction of sp³-hybridized carbons (Fsp3) is 1.00. The van der Waals surface area contributed by atoms with E-state index in [0.29, 0.717) is 19.5 Å². The third-order valence-electron chi connectivity index (χ3n) is 1.96. The Morgan fingerprint density at radius 3 is 1.78 bits per heavy atom. The molecule has 10 heteroatoms. The normalized spacial score (nSPS) is 13.8. The van der Waals surface area contributed by atoms with Gasteiger partial charge in [0.2, 0.25) is 0 Å². The van der Waals surface area contributed by atoms with Crippen molar-refractivity contribution in [2.24, 2.45) is 17.4 Å². The summed E-state index contributed by atoms with van der Waals surface area (Å²) < 4.78 is 19.9. The largest absolute Gasteiger partial charge is 0.764 e. The molecular formula is C8H22N2O7Si. The minimum Gasteiger partial charge on any atom is -0.347 e. The summed E-state index contributed by atoms with van der Waals surface area (Å²) in [5.41, 5.74) is 11.0. The molecule has 0 saturated carbocycles. The van der Waals surface area contributed by atoms with Crippen molar-refractivity contribution in [1.29, 1.82) is 0 Å². The quantitative estimate of drug-likeness (QED) is 0.267. The van der Waals surface area contributed by atoms with Gasteiger partial charge in [0.15, 0.2) is 0 Å². The van der Waals surface area contributed by atoms with Gasteiger partial charge in [-0.05, 0) is 25.4 Å². The molecule has 0 radical (unpaired) electrons. The van der Waals surface area contributed by atoms with Gasteiger partial charge in [-0.3, -0.25) is 0 Å². The molecule has 0 spiro atoms. The van der Waals surface area contributed by atoms with Crippen molar-refractivity contribution in [3.05, 3.63) is 0 Å². The Balaban J connectivity index is 4.43. The van der Waals surface area contributed by atoms with Crippen molar-refractivity contribution in [3.8, 4) is 0 Å². The molecule has 0 fully saturated rings. The van der Waals surface area contributed by atoms with E-state index in [2.05, 4.69) is 14.7 Å².